The van der Waals surface area contributed by atoms with E-state index < -0.39 is 9.84 Å². The number of hydrogen-bond donors (Lipinski definition) is 2. The van der Waals surface area contributed by atoms with Crippen molar-refractivity contribution in [3.05, 3.63) is 18.5 Å². The van der Waals surface area contributed by atoms with E-state index in [1.165, 1.54) is 18.5 Å². The molecule has 1 aliphatic heterocycles. The van der Waals surface area contributed by atoms with Gasteiger partial charge in [-0.3, -0.25) is 9.78 Å². The Hall–Kier alpha value is -1.63. The van der Waals surface area contributed by atoms with E-state index in [1.54, 1.807) is 0 Å². The molecule has 2 rings (SSSR count). The van der Waals surface area contributed by atoms with Crippen molar-refractivity contribution < 1.29 is 13.2 Å². The van der Waals surface area contributed by atoms with Crippen molar-refractivity contribution in [2.75, 3.05) is 11.5 Å². The molecule has 1 unspecified atom stereocenters. The van der Waals surface area contributed by atoms with Crippen LogP contribution in [0, 0.1) is 0 Å². The zero-order chi connectivity index (χ0) is 12.5. The number of carbonyl (C=O) groups is 1. The van der Waals surface area contributed by atoms with Crippen molar-refractivity contribution in [1.82, 2.24) is 10.3 Å². The van der Waals surface area contributed by atoms with Crippen LogP contribution in [0.3, 0.4) is 0 Å². The Bertz CT molecular complexity index is 541. The number of carbonyl (C=O) groups excluding carboxylic acids is 1. The molecule has 3 N–H and O–H groups in total. The second kappa shape index (κ2) is 4.33. The Balaban J connectivity index is 2.20. The highest BCUT2D eigenvalue weighted by atomic mass is 32.2. The van der Waals surface area contributed by atoms with Crippen molar-refractivity contribution in [3.63, 3.8) is 0 Å². The number of nitrogens with two attached hydrogens (primary N) is 1. The molecule has 1 aromatic rings. The lowest BCUT2D eigenvalue weighted by Gasteiger charge is -2.11. The van der Waals surface area contributed by atoms with Crippen LogP contribution in [0.1, 0.15) is 12.8 Å². The summed E-state index contributed by atoms with van der Waals surface area (Å²) in [4.78, 5) is 14.8. The normalized spacial score (nSPS) is 20.2. The Morgan fingerprint density at radius 3 is 2.88 bits per heavy atom. The average molecular weight is 255 g/mol. The molecule has 0 bridgehead atoms. The van der Waals surface area contributed by atoms with Gasteiger partial charge >= 0.3 is 0 Å². The first-order valence-electron chi connectivity index (χ1n) is 5.20. The van der Waals surface area contributed by atoms with Gasteiger partial charge in [-0.2, -0.15) is 0 Å². The maximum absolute atomic E-state index is 12.1. The fourth-order valence-electron chi connectivity index (χ4n) is 1.83. The van der Waals surface area contributed by atoms with E-state index in [0.29, 0.717) is 12.8 Å². The topological polar surface area (TPSA) is 102 Å². The van der Waals surface area contributed by atoms with E-state index in [-0.39, 0.29) is 28.3 Å². The lowest BCUT2D eigenvalue weighted by Crippen LogP contribution is -2.32. The highest BCUT2D eigenvalue weighted by Gasteiger charge is 2.28. The summed E-state index contributed by atoms with van der Waals surface area (Å²) in [5, 5.41) is 2.62. The van der Waals surface area contributed by atoms with E-state index in [4.69, 9.17) is 5.73 Å². The van der Waals surface area contributed by atoms with Gasteiger partial charge in [0.15, 0.2) is 9.84 Å². The predicted octanol–water partition coefficient (Wildman–Crippen LogP) is -0.284. The monoisotopic (exact) mass is 255 g/mol. The van der Waals surface area contributed by atoms with Gasteiger partial charge in [0.05, 0.1) is 22.5 Å². The average Bonchev–Trinajstić information content (AvgIpc) is 2.63. The summed E-state index contributed by atoms with van der Waals surface area (Å²) < 4.78 is 24.1. The number of anilines is 1. The third kappa shape index (κ3) is 2.55. The molecule has 1 amide bonds. The van der Waals surface area contributed by atoms with Crippen LogP contribution in [0.15, 0.2) is 23.4 Å². The number of sulfone groups is 1. The maximum atomic E-state index is 12.1. The third-order valence-electron chi connectivity index (χ3n) is 2.65. The van der Waals surface area contributed by atoms with Crippen molar-refractivity contribution in [2.24, 2.45) is 0 Å². The van der Waals surface area contributed by atoms with E-state index >= 15 is 0 Å². The summed E-state index contributed by atoms with van der Waals surface area (Å²) in [6, 6.07) is 1.06. The minimum Gasteiger partial charge on any atom is -0.396 e. The van der Waals surface area contributed by atoms with Gasteiger partial charge in [0, 0.05) is 18.7 Å². The van der Waals surface area contributed by atoms with Crippen LogP contribution in [0.5, 0.6) is 0 Å². The Morgan fingerprint density at radius 1 is 1.53 bits per heavy atom. The summed E-state index contributed by atoms with van der Waals surface area (Å²) in [5.41, 5.74) is 5.72. The summed E-state index contributed by atoms with van der Waals surface area (Å²) in [6.07, 6.45) is 3.62. The number of aromatic nitrogens is 1. The lowest BCUT2D eigenvalue weighted by molar-refractivity contribution is -0.119. The molecule has 7 heteroatoms. The van der Waals surface area contributed by atoms with Crippen LogP contribution in [0.2, 0.25) is 0 Å². The van der Waals surface area contributed by atoms with Crippen LogP contribution < -0.4 is 11.1 Å². The molecular weight excluding hydrogens is 242 g/mol. The summed E-state index contributed by atoms with van der Waals surface area (Å²) in [6.45, 7) is 0. The Morgan fingerprint density at radius 2 is 2.29 bits per heavy atom. The minimum atomic E-state index is -3.48. The number of amides is 1. The first-order chi connectivity index (χ1) is 7.99. The van der Waals surface area contributed by atoms with Crippen molar-refractivity contribution in [3.8, 4) is 0 Å². The Kier molecular flexibility index (Phi) is 3.01. The van der Waals surface area contributed by atoms with Gasteiger partial charge in [0.2, 0.25) is 5.91 Å². The third-order valence-corrected chi connectivity index (χ3v) is 4.53. The largest absolute Gasteiger partial charge is 0.396 e. The summed E-state index contributed by atoms with van der Waals surface area (Å²) in [7, 11) is -3.48. The number of pyridine rings is 1. The first-order valence-corrected chi connectivity index (χ1v) is 6.86. The number of hydrogen-bond acceptors (Lipinski definition) is 5. The molecular formula is C10H13N3O3S. The molecule has 0 aromatic carbocycles. The number of nitrogen functional groups attached to an aromatic ring is 1. The summed E-state index contributed by atoms with van der Waals surface area (Å²) >= 11 is 0. The van der Waals surface area contributed by atoms with E-state index in [1.807, 2.05) is 0 Å². The molecule has 2 heterocycles. The van der Waals surface area contributed by atoms with Gasteiger partial charge in [0.1, 0.15) is 0 Å². The highest BCUT2D eigenvalue weighted by Crippen LogP contribution is 2.20. The summed E-state index contributed by atoms with van der Waals surface area (Å²) in [5.74, 6) is -0.222. The standard InChI is InChI=1S/C10H13N3O3S/c11-8-5-12-4-3-9(8)17(15,16)6-7-1-2-10(14)13-7/h3-5,7H,1-2,6,11H2,(H,13,14). The van der Waals surface area contributed by atoms with E-state index in [0.717, 1.165) is 0 Å². The van der Waals surface area contributed by atoms with Crippen molar-refractivity contribution >= 4 is 21.4 Å². The van der Waals surface area contributed by atoms with Gasteiger partial charge < -0.3 is 11.1 Å². The highest BCUT2D eigenvalue weighted by molar-refractivity contribution is 7.91. The first kappa shape index (κ1) is 11.8. The van der Waals surface area contributed by atoms with Crippen molar-refractivity contribution in [2.45, 2.75) is 23.8 Å². The number of nitrogens with zero attached hydrogens (tertiary/aromatic N) is 1. The zero-order valence-electron chi connectivity index (χ0n) is 9.09. The van der Waals surface area contributed by atoms with Gasteiger partial charge in [-0.15, -0.1) is 0 Å². The second-order valence-corrected chi connectivity index (χ2v) is 6.00. The minimum absolute atomic E-state index is 0.0775. The van der Waals surface area contributed by atoms with Gasteiger partial charge in [-0.1, -0.05) is 0 Å². The molecule has 1 fully saturated rings. The number of nitrogens with one attached hydrogen (secondary N) is 1. The molecule has 0 radical (unpaired) electrons. The van der Waals surface area contributed by atoms with Crippen LogP contribution in [0.25, 0.3) is 0 Å². The van der Waals surface area contributed by atoms with Gasteiger partial charge in [-0.25, -0.2) is 8.42 Å². The van der Waals surface area contributed by atoms with Crippen molar-refractivity contribution in [1.29, 1.82) is 0 Å². The fourth-order valence-corrected chi connectivity index (χ4v) is 3.47. The van der Waals surface area contributed by atoms with E-state index in [2.05, 4.69) is 10.3 Å². The van der Waals surface area contributed by atoms with Crippen LogP contribution >= 0.6 is 0 Å². The zero-order valence-corrected chi connectivity index (χ0v) is 9.90. The molecule has 1 saturated heterocycles. The van der Waals surface area contributed by atoms with Crippen LogP contribution in [-0.2, 0) is 14.6 Å². The fraction of sp³-hybridized carbons (Fsp3) is 0.400. The molecule has 1 aliphatic rings. The van der Waals surface area contributed by atoms with Crippen LogP contribution in [0.4, 0.5) is 5.69 Å². The Labute approximate surface area is 99.1 Å². The molecule has 1 aromatic heterocycles. The molecule has 17 heavy (non-hydrogen) atoms. The molecule has 0 saturated carbocycles. The van der Waals surface area contributed by atoms with Crippen LogP contribution in [-0.4, -0.2) is 31.1 Å². The van der Waals surface area contributed by atoms with Gasteiger partial charge in [-0.05, 0) is 12.5 Å². The quantitative estimate of drug-likeness (QED) is 0.773. The van der Waals surface area contributed by atoms with E-state index in [9.17, 15) is 13.2 Å². The predicted molar refractivity (Wildman–Crippen MR) is 61.9 cm³/mol. The lowest BCUT2D eigenvalue weighted by atomic mass is 10.2. The maximum Gasteiger partial charge on any atom is 0.220 e. The molecule has 92 valence electrons. The smallest absolute Gasteiger partial charge is 0.220 e. The SMILES string of the molecule is Nc1cnccc1S(=O)(=O)CC1CCC(=O)N1. The van der Waals surface area contributed by atoms with Gasteiger partial charge in [0.25, 0.3) is 0 Å². The molecule has 0 aliphatic carbocycles. The molecule has 6 nitrogen and oxygen atoms in total. The number of rotatable bonds is 3. The second-order valence-electron chi connectivity index (χ2n) is 4.00. The molecule has 1 atom stereocenters. The molecule has 0 spiro atoms.